The van der Waals surface area contributed by atoms with Crippen molar-refractivity contribution in [3.63, 3.8) is 0 Å². The van der Waals surface area contributed by atoms with E-state index in [0.717, 1.165) is 36.7 Å². The summed E-state index contributed by atoms with van der Waals surface area (Å²) >= 11 is 1.69. The molecule has 9 aromatic rings. The Hall–Kier alpha value is -5.65. The molecule has 3 aromatic heterocycles. The molecule has 0 N–H and O–H groups in total. The largest absolute Gasteiger partial charge is 0.456 e. The number of benzene rings is 6. The maximum absolute atomic E-state index is 8.70. The zero-order chi connectivity index (χ0) is 37.7. The Morgan fingerprint density at radius 1 is 0.500 bits per heavy atom. The predicted molar refractivity (Wildman–Crippen MR) is 182 cm³/mol. The van der Waals surface area contributed by atoms with Gasteiger partial charge in [-0.3, -0.25) is 0 Å². The number of thiophene rings is 1. The van der Waals surface area contributed by atoms with Crippen LogP contribution in [0.4, 0.5) is 0 Å². The van der Waals surface area contributed by atoms with E-state index < -0.39 is 60.4 Å². The van der Waals surface area contributed by atoms with E-state index in [4.69, 9.17) is 18.1 Å². The van der Waals surface area contributed by atoms with Gasteiger partial charge in [0.1, 0.15) is 11.2 Å². The quantitative estimate of drug-likeness (QED) is 0.204. The Morgan fingerprint density at radius 2 is 1.05 bits per heavy atom. The number of hydrogen-bond donors (Lipinski definition) is 0. The first-order valence-corrected chi connectivity index (χ1v) is 14.5. The third-order valence-corrected chi connectivity index (χ3v) is 8.76. The Balaban J connectivity index is 1.39. The number of furan rings is 1. The van der Waals surface area contributed by atoms with Crippen molar-refractivity contribution >= 4 is 53.4 Å². The predicted octanol–water partition coefficient (Wildman–Crippen LogP) is 10.8. The molecule has 0 radical (unpaired) electrons. The second-order valence-corrected chi connectivity index (χ2v) is 11.1. The highest BCUT2D eigenvalue weighted by Crippen LogP contribution is 2.45. The van der Waals surface area contributed by atoms with E-state index in [-0.39, 0.29) is 28.6 Å². The van der Waals surface area contributed by atoms with Crippen molar-refractivity contribution in [2.24, 2.45) is 0 Å². The minimum Gasteiger partial charge on any atom is -0.456 e. The lowest BCUT2D eigenvalue weighted by Gasteiger charge is -2.10. The molecule has 9 rings (SSSR count). The van der Waals surface area contributed by atoms with Gasteiger partial charge >= 0.3 is 0 Å². The van der Waals surface area contributed by atoms with Crippen LogP contribution in [-0.4, -0.2) is 15.0 Å². The zero-order valence-corrected chi connectivity index (χ0v) is 23.5. The van der Waals surface area contributed by atoms with Gasteiger partial charge in [0.15, 0.2) is 17.5 Å². The van der Waals surface area contributed by atoms with Crippen LogP contribution in [0.25, 0.3) is 87.4 Å². The second kappa shape index (κ2) is 9.97. The summed E-state index contributed by atoms with van der Waals surface area (Å²) in [5.41, 5.74) is 2.69. The summed E-state index contributed by atoms with van der Waals surface area (Å²) in [6, 6.07) is 19.5. The second-order valence-electron chi connectivity index (χ2n) is 10.0. The van der Waals surface area contributed by atoms with E-state index >= 15 is 0 Å². The van der Waals surface area contributed by atoms with E-state index in [2.05, 4.69) is 39.2 Å². The molecular formula is C39H23N3OS. The lowest BCUT2D eigenvalue weighted by atomic mass is 9.96. The maximum Gasteiger partial charge on any atom is 0.164 e. The first-order valence-electron chi connectivity index (χ1n) is 18.7. The minimum atomic E-state index is -0.611. The van der Waals surface area contributed by atoms with Crippen LogP contribution in [0.15, 0.2) is 144 Å². The molecule has 0 aliphatic rings. The van der Waals surface area contributed by atoms with Gasteiger partial charge in [0.25, 0.3) is 0 Å². The van der Waals surface area contributed by atoms with Gasteiger partial charge in [-0.25, -0.2) is 15.0 Å². The first kappa shape index (κ1) is 16.8. The molecule has 6 aromatic carbocycles. The lowest BCUT2D eigenvalue weighted by molar-refractivity contribution is 0.669. The summed E-state index contributed by atoms with van der Waals surface area (Å²) in [6.45, 7) is 0. The zero-order valence-electron chi connectivity index (χ0n) is 32.7. The van der Waals surface area contributed by atoms with Gasteiger partial charge in [0, 0.05) is 53.2 Å². The number of aromatic nitrogens is 3. The van der Waals surface area contributed by atoms with Crippen molar-refractivity contribution in [3.05, 3.63) is 139 Å². The molecule has 0 saturated carbocycles. The van der Waals surface area contributed by atoms with Gasteiger partial charge in [-0.2, -0.15) is 0 Å². The summed E-state index contributed by atoms with van der Waals surface area (Å²) in [4.78, 5) is 13.8. The van der Waals surface area contributed by atoms with Crippen molar-refractivity contribution in [3.8, 4) is 45.3 Å². The molecule has 0 fully saturated rings. The third-order valence-electron chi connectivity index (χ3n) is 7.54. The van der Waals surface area contributed by atoms with Crippen LogP contribution in [-0.2, 0) is 0 Å². The Bertz CT molecular complexity index is 2940. The van der Waals surface area contributed by atoms with Crippen molar-refractivity contribution < 1.29 is 18.1 Å². The lowest BCUT2D eigenvalue weighted by Crippen LogP contribution is -2.00. The molecule has 3 heterocycles. The molecule has 0 unspecified atom stereocenters. The van der Waals surface area contributed by atoms with E-state index in [9.17, 15) is 0 Å². The minimum absolute atomic E-state index is 0.0307. The highest BCUT2D eigenvalue weighted by atomic mass is 32.1. The van der Waals surface area contributed by atoms with Crippen molar-refractivity contribution in [1.82, 2.24) is 15.0 Å². The van der Waals surface area contributed by atoms with Crippen molar-refractivity contribution in [2.45, 2.75) is 0 Å². The summed E-state index contributed by atoms with van der Waals surface area (Å²) in [7, 11) is 0. The Morgan fingerprint density at radius 3 is 1.75 bits per heavy atom. The summed E-state index contributed by atoms with van der Waals surface area (Å²) in [5.74, 6) is -0.699. The fourth-order valence-electron chi connectivity index (χ4n) is 5.68. The molecule has 206 valence electrons. The maximum atomic E-state index is 8.70. The highest BCUT2D eigenvalue weighted by Gasteiger charge is 2.21. The smallest absolute Gasteiger partial charge is 0.164 e. The van der Waals surface area contributed by atoms with Crippen LogP contribution >= 0.6 is 11.3 Å². The normalized spacial score (nSPS) is 14.8. The van der Waals surface area contributed by atoms with Crippen LogP contribution in [0.1, 0.15) is 13.7 Å². The SMILES string of the molecule is [2H]c1c([2H])c([2H])c(-c2nc(-c3c([2H])c([2H])c([2H])c([2H])c3[2H])nc(-c3cccc4oc5cccc(-c6cccc7c6sc6ccccc67)c5c34)n2)c([2H])c1[2H]. The number of rotatable bonds is 4. The molecule has 0 amide bonds. The number of fused-ring (bicyclic) bond motifs is 6. The van der Waals surface area contributed by atoms with Crippen LogP contribution in [0.2, 0.25) is 0 Å². The molecule has 0 aliphatic heterocycles. The number of nitrogens with zero attached hydrogens (tertiary/aromatic N) is 3. The summed E-state index contributed by atoms with van der Waals surface area (Å²) in [5, 5.41) is 3.63. The molecule has 0 spiro atoms. The van der Waals surface area contributed by atoms with Gasteiger partial charge < -0.3 is 4.42 Å². The molecule has 0 aliphatic carbocycles. The molecule has 0 saturated heterocycles. The van der Waals surface area contributed by atoms with E-state index in [1.165, 1.54) is 0 Å². The van der Waals surface area contributed by atoms with E-state index in [0.29, 0.717) is 22.1 Å². The van der Waals surface area contributed by atoms with Crippen molar-refractivity contribution in [2.75, 3.05) is 0 Å². The van der Waals surface area contributed by atoms with E-state index in [1.54, 1.807) is 29.5 Å². The van der Waals surface area contributed by atoms with Crippen LogP contribution in [0.5, 0.6) is 0 Å². The van der Waals surface area contributed by atoms with Crippen LogP contribution < -0.4 is 0 Å². The van der Waals surface area contributed by atoms with E-state index in [1.807, 2.05) is 36.4 Å². The van der Waals surface area contributed by atoms with Gasteiger partial charge in [-0.1, -0.05) is 121 Å². The van der Waals surface area contributed by atoms with Crippen LogP contribution in [0, 0.1) is 0 Å². The van der Waals surface area contributed by atoms with Crippen LogP contribution in [0.3, 0.4) is 0 Å². The fraction of sp³-hybridized carbons (Fsp3) is 0. The summed E-state index contributed by atoms with van der Waals surface area (Å²) in [6.07, 6.45) is 0. The topological polar surface area (TPSA) is 51.8 Å². The molecule has 5 heteroatoms. The molecule has 44 heavy (non-hydrogen) atoms. The van der Waals surface area contributed by atoms with Gasteiger partial charge in [-0.15, -0.1) is 11.3 Å². The van der Waals surface area contributed by atoms with Gasteiger partial charge in [0.2, 0.25) is 0 Å². The number of hydrogen-bond acceptors (Lipinski definition) is 5. The van der Waals surface area contributed by atoms with Gasteiger partial charge in [-0.05, 0) is 23.8 Å². The standard InChI is InChI=1S/C39H23N3OS/c1-3-12-24(13-4-1)37-40-38(25-14-5-2-6-15-25)42-39(41-37)30-20-11-22-32-35(30)34-27(17-10-21-31(34)43-32)29-19-9-18-28-26-16-7-8-23-33(26)44-36(28)29/h1-23H/i1D,2D,3D,4D,5D,6D,12D,13D,14D,15D. The average Bonchev–Trinajstić information content (AvgIpc) is 3.77. The average molecular weight is 592 g/mol. The fourth-order valence-corrected chi connectivity index (χ4v) is 6.91. The summed E-state index contributed by atoms with van der Waals surface area (Å²) < 4.78 is 93.0. The Kier molecular flexibility index (Phi) is 3.82. The van der Waals surface area contributed by atoms with Gasteiger partial charge in [0.05, 0.1) is 13.7 Å². The molecular weight excluding hydrogens is 559 g/mol. The Labute approximate surface area is 271 Å². The molecule has 0 atom stereocenters. The van der Waals surface area contributed by atoms with Crippen molar-refractivity contribution in [1.29, 1.82) is 0 Å². The molecule has 0 bridgehead atoms. The monoisotopic (exact) mass is 591 g/mol. The highest BCUT2D eigenvalue weighted by molar-refractivity contribution is 7.26. The first-order chi connectivity index (χ1) is 26.0. The molecule has 4 nitrogen and oxygen atoms in total. The third kappa shape index (κ3) is 3.94.